The molecule has 0 radical (unpaired) electrons. The number of nitrogens with zero attached hydrogens (tertiary/aromatic N) is 2. The molecule has 0 saturated carbocycles. The molecule has 0 saturated heterocycles. The number of carbonyl (C=O) groups excluding carboxylic acids is 2. The van der Waals surface area contributed by atoms with Gasteiger partial charge in [-0.2, -0.15) is 0 Å². The molecule has 0 aliphatic rings. The number of unbranched alkanes of at least 4 members (excludes halogenated alkanes) is 2. The monoisotopic (exact) mass is 557 g/mol. The van der Waals surface area contributed by atoms with Gasteiger partial charge in [0, 0.05) is 38.0 Å². The summed E-state index contributed by atoms with van der Waals surface area (Å²) in [5, 5.41) is 2.76. The van der Waals surface area contributed by atoms with Crippen LogP contribution >= 0.6 is 0 Å². The number of aryl methyl sites for hydroxylation is 1. The summed E-state index contributed by atoms with van der Waals surface area (Å²) in [4.78, 5) is 32.2. The number of amides is 1. The van der Waals surface area contributed by atoms with Crippen molar-refractivity contribution in [3.05, 3.63) is 54.1 Å². The minimum atomic E-state index is -3.71. The van der Waals surface area contributed by atoms with E-state index in [1.807, 2.05) is 0 Å². The Balaban J connectivity index is 1.80. The first kappa shape index (κ1) is 31.3. The Kier molecular flexibility index (Phi) is 12.9. The summed E-state index contributed by atoms with van der Waals surface area (Å²) in [6.07, 6.45) is 5.48. The third-order valence-electron chi connectivity index (χ3n) is 5.87. The number of sulfone groups is 1. The molecule has 2 aromatic rings. The van der Waals surface area contributed by atoms with Crippen molar-refractivity contribution >= 4 is 39.1 Å². The number of carbonyl (C=O) groups is 2. The van der Waals surface area contributed by atoms with Gasteiger partial charge >= 0.3 is 0 Å². The van der Waals surface area contributed by atoms with Crippen LogP contribution in [0.25, 0.3) is 0 Å². The van der Waals surface area contributed by atoms with Gasteiger partial charge in [0.15, 0.2) is 11.9 Å². The summed E-state index contributed by atoms with van der Waals surface area (Å²) in [7, 11) is -3.71. The molecule has 0 heterocycles. The summed E-state index contributed by atoms with van der Waals surface area (Å²) in [5.41, 5.74) is 22.5. The van der Waals surface area contributed by atoms with Crippen LogP contribution in [0.1, 0.15) is 56.9 Å². The minimum absolute atomic E-state index is 0.0265. The molecule has 0 aromatic heterocycles. The molecule has 12 heteroatoms. The lowest BCUT2D eigenvalue weighted by Crippen LogP contribution is -2.23. The number of anilines is 1. The fourth-order valence-electron chi connectivity index (χ4n) is 3.77. The maximum Gasteiger partial charge on any atom is 0.224 e. The fraction of sp³-hybridized carbons (Fsp3) is 0.407. The molecule has 11 nitrogen and oxygen atoms in total. The molecule has 0 aliphatic carbocycles. The van der Waals surface area contributed by atoms with Gasteiger partial charge in [0.25, 0.3) is 0 Å². The van der Waals surface area contributed by atoms with Crippen molar-refractivity contribution in [2.45, 2.75) is 67.6 Å². The van der Waals surface area contributed by atoms with Crippen molar-refractivity contribution in [1.29, 1.82) is 0 Å². The van der Waals surface area contributed by atoms with Gasteiger partial charge in [0.05, 0.1) is 9.79 Å². The lowest BCUT2D eigenvalue weighted by atomic mass is 10.0. The number of rotatable bonds is 17. The van der Waals surface area contributed by atoms with Crippen LogP contribution in [-0.2, 0) is 25.8 Å². The fourth-order valence-corrected chi connectivity index (χ4v) is 5.04. The predicted molar refractivity (Wildman–Crippen MR) is 154 cm³/mol. The molecule has 39 heavy (non-hydrogen) atoms. The van der Waals surface area contributed by atoms with Crippen LogP contribution < -0.4 is 28.3 Å². The van der Waals surface area contributed by atoms with Crippen molar-refractivity contribution in [2.75, 3.05) is 18.4 Å². The van der Waals surface area contributed by atoms with Crippen LogP contribution in [0.2, 0.25) is 0 Å². The smallest absolute Gasteiger partial charge is 0.224 e. The van der Waals surface area contributed by atoms with Gasteiger partial charge in [-0.1, -0.05) is 12.1 Å². The molecular weight excluding hydrogens is 518 g/mol. The third kappa shape index (κ3) is 12.0. The van der Waals surface area contributed by atoms with Gasteiger partial charge in [0.1, 0.15) is 5.78 Å². The van der Waals surface area contributed by atoms with Crippen molar-refractivity contribution in [2.24, 2.45) is 32.9 Å². The van der Waals surface area contributed by atoms with E-state index in [-0.39, 0.29) is 33.4 Å². The standard InChI is InChI=1S/C27H39N7O4S/c28-26(29)32-18-3-1-7-22(35)8-5-6-20-10-14-23(15-11-20)39(37,38)24-16-12-21(13-17-24)34-25(36)9-2-4-19-33-27(30)31/h10-17H,1-9,18-19H2,(H,34,36)(H4,28,29,32)(H4,30,31,33). The summed E-state index contributed by atoms with van der Waals surface area (Å²) in [6.45, 7) is 0.988. The van der Waals surface area contributed by atoms with Crippen LogP contribution in [0, 0.1) is 0 Å². The maximum atomic E-state index is 13.0. The van der Waals surface area contributed by atoms with Crippen molar-refractivity contribution in [3.63, 3.8) is 0 Å². The first-order valence-corrected chi connectivity index (χ1v) is 14.4. The molecule has 2 rings (SSSR count). The molecule has 0 unspecified atom stereocenters. The first-order valence-electron chi connectivity index (χ1n) is 12.9. The number of guanidine groups is 2. The van der Waals surface area contributed by atoms with Crippen LogP contribution in [0.15, 0.2) is 68.3 Å². The highest BCUT2D eigenvalue weighted by atomic mass is 32.2. The Morgan fingerprint density at radius 3 is 1.69 bits per heavy atom. The highest BCUT2D eigenvalue weighted by Crippen LogP contribution is 2.23. The van der Waals surface area contributed by atoms with Crippen molar-refractivity contribution in [1.82, 2.24) is 0 Å². The van der Waals surface area contributed by atoms with Crippen LogP contribution in [-0.4, -0.2) is 45.1 Å². The number of hydrogen-bond acceptors (Lipinski definition) is 6. The normalized spacial score (nSPS) is 11.0. The molecule has 0 spiro atoms. The average molecular weight is 558 g/mol. The quantitative estimate of drug-likeness (QED) is 0.110. The third-order valence-corrected chi connectivity index (χ3v) is 7.65. The Morgan fingerprint density at radius 2 is 1.15 bits per heavy atom. The molecular formula is C27H39N7O4S. The zero-order valence-corrected chi connectivity index (χ0v) is 23.0. The topological polar surface area (TPSA) is 209 Å². The second-order valence-corrected chi connectivity index (χ2v) is 11.1. The summed E-state index contributed by atoms with van der Waals surface area (Å²) in [6, 6.07) is 12.8. The maximum absolute atomic E-state index is 13.0. The second-order valence-electron chi connectivity index (χ2n) is 9.14. The largest absolute Gasteiger partial charge is 0.370 e. The van der Waals surface area contributed by atoms with Crippen LogP contribution in [0.5, 0.6) is 0 Å². The molecule has 2 aromatic carbocycles. The van der Waals surface area contributed by atoms with E-state index < -0.39 is 9.84 Å². The lowest BCUT2D eigenvalue weighted by Gasteiger charge is -2.09. The Morgan fingerprint density at radius 1 is 0.667 bits per heavy atom. The van der Waals surface area contributed by atoms with Gasteiger partial charge in [0.2, 0.25) is 15.7 Å². The lowest BCUT2D eigenvalue weighted by molar-refractivity contribution is -0.119. The first-order chi connectivity index (χ1) is 18.6. The van der Waals surface area contributed by atoms with E-state index in [1.165, 1.54) is 12.1 Å². The van der Waals surface area contributed by atoms with E-state index in [1.54, 1.807) is 36.4 Å². The minimum Gasteiger partial charge on any atom is -0.370 e. The van der Waals surface area contributed by atoms with Gasteiger partial charge in [-0.05, 0) is 80.5 Å². The summed E-state index contributed by atoms with van der Waals surface area (Å²) >= 11 is 0. The Bertz CT molecular complexity index is 1230. The average Bonchev–Trinajstić information content (AvgIpc) is 2.88. The van der Waals surface area contributed by atoms with Crippen LogP contribution in [0.4, 0.5) is 5.69 Å². The summed E-state index contributed by atoms with van der Waals surface area (Å²) < 4.78 is 26.1. The molecule has 0 bridgehead atoms. The molecule has 1 amide bonds. The van der Waals surface area contributed by atoms with E-state index in [4.69, 9.17) is 22.9 Å². The molecule has 0 aliphatic heterocycles. The molecule has 0 fully saturated rings. The van der Waals surface area contributed by atoms with E-state index in [0.29, 0.717) is 63.7 Å². The van der Waals surface area contributed by atoms with E-state index in [2.05, 4.69) is 15.3 Å². The van der Waals surface area contributed by atoms with E-state index in [9.17, 15) is 18.0 Å². The van der Waals surface area contributed by atoms with Crippen LogP contribution in [0.3, 0.4) is 0 Å². The number of hydrogen-bond donors (Lipinski definition) is 5. The summed E-state index contributed by atoms with van der Waals surface area (Å²) in [5.74, 6) is 0.110. The molecule has 9 N–H and O–H groups in total. The SMILES string of the molecule is NC(N)=NCCCCC(=O)CCCc1ccc(S(=O)(=O)c2ccc(NC(=O)CCCCN=C(N)N)cc2)cc1. The number of nitrogens with one attached hydrogen (secondary N) is 1. The van der Waals surface area contributed by atoms with Gasteiger partial charge in [-0.15, -0.1) is 0 Å². The van der Waals surface area contributed by atoms with E-state index >= 15 is 0 Å². The highest BCUT2D eigenvalue weighted by Gasteiger charge is 2.17. The van der Waals surface area contributed by atoms with Crippen molar-refractivity contribution in [3.8, 4) is 0 Å². The molecule has 212 valence electrons. The number of nitrogens with two attached hydrogens (primary N) is 4. The second kappa shape index (κ2) is 16.1. The Labute approximate surface area is 230 Å². The zero-order valence-electron chi connectivity index (χ0n) is 22.1. The zero-order chi connectivity index (χ0) is 28.7. The molecule has 0 atom stereocenters. The highest BCUT2D eigenvalue weighted by molar-refractivity contribution is 7.91. The van der Waals surface area contributed by atoms with Gasteiger partial charge < -0.3 is 28.3 Å². The number of benzene rings is 2. The Hall–Kier alpha value is -3.93. The number of Topliss-reactive ketones (excluding diaryl/α,β-unsaturated/α-hetero) is 1. The predicted octanol–water partition coefficient (Wildman–Crippen LogP) is 2.24. The number of aliphatic imine (C=N–C) groups is 2. The van der Waals surface area contributed by atoms with Gasteiger partial charge in [-0.3, -0.25) is 19.6 Å². The van der Waals surface area contributed by atoms with E-state index in [0.717, 1.165) is 18.4 Å². The number of ketones is 1. The van der Waals surface area contributed by atoms with Gasteiger partial charge in [-0.25, -0.2) is 8.42 Å². The van der Waals surface area contributed by atoms with Crippen molar-refractivity contribution < 1.29 is 18.0 Å².